The lowest BCUT2D eigenvalue weighted by atomic mass is 10.1. The summed E-state index contributed by atoms with van der Waals surface area (Å²) >= 11 is 5.91. The van der Waals surface area contributed by atoms with Crippen molar-refractivity contribution in [1.29, 1.82) is 0 Å². The molecule has 0 N–H and O–H groups in total. The Kier molecular flexibility index (Phi) is 4.77. The van der Waals surface area contributed by atoms with E-state index in [9.17, 15) is 8.42 Å². The summed E-state index contributed by atoms with van der Waals surface area (Å²) in [7, 11) is -3.41. The fourth-order valence-corrected chi connectivity index (χ4v) is 4.49. The van der Waals surface area contributed by atoms with Crippen LogP contribution < -0.4 is 0 Å². The van der Waals surface area contributed by atoms with Gasteiger partial charge in [0.05, 0.1) is 4.90 Å². The van der Waals surface area contributed by atoms with Crippen LogP contribution in [0.3, 0.4) is 0 Å². The average molecular weight is 316 g/mol. The van der Waals surface area contributed by atoms with Crippen LogP contribution in [-0.4, -0.2) is 25.8 Å². The Morgan fingerprint density at radius 2 is 1.90 bits per heavy atom. The van der Waals surface area contributed by atoms with Gasteiger partial charge in [-0.2, -0.15) is 4.31 Å². The van der Waals surface area contributed by atoms with Crippen LogP contribution in [0.2, 0.25) is 0 Å². The first kappa shape index (κ1) is 15.8. The van der Waals surface area contributed by atoms with Gasteiger partial charge in [-0.1, -0.05) is 13.0 Å². The zero-order valence-electron chi connectivity index (χ0n) is 12.3. The standard InChI is InChI=1S/C15H22ClNO2S/c1-4-17(10-13-5-6-13)20(18,19)15-8-14(9-16)11(2)7-12(15)3/h7-8,13H,4-6,9-10H2,1-3H3. The monoisotopic (exact) mass is 315 g/mol. The van der Waals surface area contributed by atoms with Gasteiger partial charge in [0, 0.05) is 19.0 Å². The molecule has 0 aliphatic heterocycles. The van der Waals surface area contributed by atoms with Crippen molar-refractivity contribution in [2.75, 3.05) is 13.1 Å². The normalized spacial score (nSPS) is 15.8. The molecule has 0 aromatic heterocycles. The Hall–Kier alpha value is -0.580. The highest BCUT2D eigenvalue weighted by molar-refractivity contribution is 7.89. The fourth-order valence-electron chi connectivity index (χ4n) is 2.42. The number of hydrogen-bond donors (Lipinski definition) is 0. The number of hydrogen-bond acceptors (Lipinski definition) is 2. The smallest absolute Gasteiger partial charge is 0.207 e. The van der Waals surface area contributed by atoms with Crippen molar-refractivity contribution in [3.63, 3.8) is 0 Å². The Labute approximate surface area is 127 Å². The molecule has 0 atom stereocenters. The van der Waals surface area contributed by atoms with E-state index in [1.165, 1.54) is 0 Å². The summed E-state index contributed by atoms with van der Waals surface area (Å²) in [6.45, 7) is 6.86. The number of rotatable bonds is 6. The van der Waals surface area contributed by atoms with Gasteiger partial charge in [-0.15, -0.1) is 11.6 Å². The summed E-state index contributed by atoms with van der Waals surface area (Å²) in [5.41, 5.74) is 2.73. The molecule has 0 heterocycles. The van der Waals surface area contributed by atoms with Gasteiger partial charge in [-0.05, 0) is 55.4 Å². The minimum absolute atomic E-state index is 0.337. The van der Waals surface area contributed by atoms with E-state index in [-0.39, 0.29) is 0 Å². The molecular weight excluding hydrogens is 294 g/mol. The molecule has 112 valence electrons. The van der Waals surface area contributed by atoms with E-state index in [4.69, 9.17) is 11.6 Å². The van der Waals surface area contributed by atoms with E-state index in [0.717, 1.165) is 29.5 Å². The number of alkyl halides is 1. The number of halogens is 1. The Morgan fingerprint density at radius 3 is 2.40 bits per heavy atom. The lowest BCUT2D eigenvalue weighted by Crippen LogP contribution is -2.33. The van der Waals surface area contributed by atoms with Crippen molar-refractivity contribution >= 4 is 21.6 Å². The van der Waals surface area contributed by atoms with E-state index < -0.39 is 10.0 Å². The quantitative estimate of drug-likeness (QED) is 0.754. The van der Waals surface area contributed by atoms with Crippen LogP contribution in [0.25, 0.3) is 0 Å². The second-order valence-electron chi connectivity index (χ2n) is 5.58. The van der Waals surface area contributed by atoms with Crippen LogP contribution in [0.1, 0.15) is 36.5 Å². The van der Waals surface area contributed by atoms with Crippen molar-refractivity contribution < 1.29 is 8.42 Å². The van der Waals surface area contributed by atoms with Crippen molar-refractivity contribution in [2.24, 2.45) is 5.92 Å². The van der Waals surface area contributed by atoms with Gasteiger partial charge < -0.3 is 0 Å². The zero-order chi connectivity index (χ0) is 14.9. The summed E-state index contributed by atoms with van der Waals surface area (Å²) in [5, 5.41) is 0. The first-order valence-corrected chi connectivity index (χ1v) is 9.03. The molecule has 1 aliphatic carbocycles. The van der Waals surface area contributed by atoms with Gasteiger partial charge in [0.15, 0.2) is 0 Å². The van der Waals surface area contributed by atoms with Crippen LogP contribution >= 0.6 is 11.6 Å². The highest BCUT2D eigenvalue weighted by Crippen LogP contribution is 2.32. The fraction of sp³-hybridized carbons (Fsp3) is 0.600. The molecule has 0 unspecified atom stereocenters. The maximum atomic E-state index is 12.8. The van der Waals surface area contributed by atoms with E-state index in [0.29, 0.717) is 29.8 Å². The van der Waals surface area contributed by atoms with Crippen molar-refractivity contribution in [3.05, 3.63) is 28.8 Å². The van der Waals surface area contributed by atoms with Gasteiger partial charge in [0.25, 0.3) is 0 Å². The number of aryl methyl sites for hydroxylation is 2. The molecule has 5 heteroatoms. The topological polar surface area (TPSA) is 37.4 Å². The molecule has 0 spiro atoms. The summed E-state index contributed by atoms with van der Waals surface area (Å²) in [4.78, 5) is 0.404. The third-order valence-electron chi connectivity index (χ3n) is 3.91. The summed E-state index contributed by atoms with van der Waals surface area (Å²) in [6, 6.07) is 3.65. The maximum Gasteiger partial charge on any atom is 0.243 e. The molecule has 0 amide bonds. The number of nitrogens with zero attached hydrogens (tertiary/aromatic N) is 1. The molecule has 1 saturated carbocycles. The summed E-state index contributed by atoms with van der Waals surface area (Å²) in [5.74, 6) is 0.881. The van der Waals surface area contributed by atoms with E-state index in [2.05, 4.69) is 0 Å². The largest absolute Gasteiger partial charge is 0.243 e. The zero-order valence-corrected chi connectivity index (χ0v) is 13.9. The molecule has 2 rings (SSSR count). The molecule has 0 bridgehead atoms. The predicted octanol–water partition coefficient (Wildman–Crippen LogP) is 3.46. The van der Waals surface area contributed by atoms with Gasteiger partial charge in [0.2, 0.25) is 10.0 Å². The van der Waals surface area contributed by atoms with Crippen LogP contribution in [0, 0.1) is 19.8 Å². The minimum atomic E-state index is -3.41. The van der Waals surface area contributed by atoms with Gasteiger partial charge >= 0.3 is 0 Å². The molecule has 1 aromatic rings. The van der Waals surface area contributed by atoms with Crippen molar-refractivity contribution in [1.82, 2.24) is 4.31 Å². The first-order valence-electron chi connectivity index (χ1n) is 7.06. The Morgan fingerprint density at radius 1 is 1.25 bits per heavy atom. The van der Waals surface area contributed by atoms with Gasteiger partial charge in [-0.25, -0.2) is 8.42 Å². The Bertz CT molecular complexity index is 594. The van der Waals surface area contributed by atoms with Crippen LogP contribution in [-0.2, 0) is 15.9 Å². The highest BCUT2D eigenvalue weighted by atomic mass is 35.5. The van der Waals surface area contributed by atoms with Crippen LogP contribution in [0.15, 0.2) is 17.0 Å². The summed E-state index contributed by atoms with van der Waals surface area (Å²) in [6.07, 6.45) is 2.29. The Balaban J connectivity index is 2.41. The average Bonchev–Trinajstić information content (AvgIpc) is 3.19. The SMILES string of the molecule is CCN(CC1CC1)S(=O)(=O)c1cc(CCl)c(C)cc1C. The molecule has 0 radical (unpaired) electrons. The molecule has 1 aliphatic rings. The third-order valence-corrected chi connectivity index (χ3v) is 6.28. The number of benzene rings is 1. The lowest BCUT2D eigenvalue weighted by Gasteiger charge is -2.22. The molecule has 20 heavy (non-hydrogen) atoms. The van der Waals surface area contributed by atoms with E-state index in [1.807, 2.05) is 26.8 Å². The molecule has 0 saturated heterocycles. The summed E-state index contributed by atoms with van der Waals surface area (Å²) < 4.78 is 27.2. The number of sulfonamides is 1. The second kappa shape index (κ2) is 6.04. The van der Waals surface area contributed by atoms with Crippen molar-refractivity contribution in [2.45, 2.75) is 44.4 Å². The van der Waals surface area contributed by atoms with Crippen molar-refractivity contribution in [3.8, 4) is 0 Å². The molecule has 3 nitrogen and oxygen atoms in total. The maximum absolute atomic E-state index is 12.8. The first-order chi connectivity index (χ1) is 9.40. The molecular formula is C15H22ClNO2S. The van der Waals surface area contributed by atoms with Gasteiger partial charge in [0.1, 0.15) is 0 Å². The molecule has 1 aromatic carbocycles. The second-order valence-corrected chi connectivity index (χ2v) is 7.75. The minimum Gasteiger partial charge on any atom is -0.207 e. The van der Waals surface area contributed by atoms with Gasteiger partial charge in [-0.3, -0.25) is 0 Å². The van der Waals surface area contributed by atoms with Crippen LogP contribution in [0.5, 0.6) is 0 Å². The van der Waals surface area contributed by atoms with E-state index in [1.54, 1.807) is 10.4 Å². The lowest BCUT2D eigenvalue weighted by molar-refractivity contribution is 0.411. The highest BCUT2D eigenvalue weighted by Gasteiger charge is 2.31. The third kappa shape index (κ3) is 3.18. The predicted molar refractivity (Wildman–Crippen MR) is 82.6 cm³/mol. The molecule has 1 fully saturated rings. The van der Waals surface area contributed by atoms with Crippen LogP contribution in [0.4, 0.5) is 0 Å². The van der Waals surface area contributed by atoms with E-state index >= 15 is 0 Å².